The summed E-state index contributed by atoms with van der Waals surface area (Å²) in [5.41, 5.74) is 11.7. The highest BCUT2D eigenvalue weighted by Crippen LogP contribution is 2.54. The van der Waals surface area contributed by atoms with Crippen molar-refractivity contribution >= 4 is 34.9 Å². The molecular formula is C52H64N6O5. The Morgan fingerprint density at radius 3 is 1.48 bits per heavy atom. The molecule has 4 aliphatic carbocycles. The van der Waals surface area contributed by atoms with E-state index in [9.17, 15) is 9.59 Å². The van der Waals surface area contributed by atoms with Crippen LogP contribution < -0.4 is 15.4 Å². The van der Waals surface area contributed by atoms with Gasteiger partial charge in [-0.3, -0.25) is 0 Å². The number of carbonyl (C=O) groups excluding carboxylic acids is 2. The number of anilines is 2. The zero-order chi connectivity index (χ0) is 44.1. The molecule has 63 heavy (non-hydrogen) atoms. The fourth-order valence-corrected chi connectivity index (χ4v) is 11.1. The van der Waals surface area contributed by atoms with Gasteiger partial charge >= 0.3 is 12.1 Å². The minimum atomic E-state index is -0.138. The summed E-state index contributed by atoms with van der Waals surface area (Å²) >= 11 is 0. The number of rotatable bonds is 12. The number of ether oxygens (including phenoxy) is 1. The van der Waals surface area contributed by atoms with Crippen LogP contribution in [0.5, 0.6) is 11.5 Å². The zero-order valence-electron chi connectivity index (χ0n) is 38.0. The number of nitrogens with one attached hydrogen (secondary N) is 2. The van der Waals surface area contributed by atoms with E-state index < -0.39 is 0 Å². The van der Waals surface area contributed by atoms with Crippen LogP contribution in [0.15, 0.2) is 95.2 Å². The third-order valence-electron chi connectivity index (χ3n) is 14.1. The Morgan fingerprint density at radius 1 is 0.619 bits per heavy atom. The van der Waals surface area contributed by atoms with Crippen LogP contribution in [-0.2, 0) is 46.2 Å². The lowest BCUT2D eigenvalue weighted by Crippen LogP contribution is -2.46. The van der Waals surface area contributed by atoms with Crippen LogP contribution in [0.3, 0.4) is 0 Å². The Bertz CT molecular complexity index is 2210. The summed E-state index contributed by atoms with van der Waals surface area (Å²) in [5, 5.41) is 15.2. The molecule has 0 saturated heterocycles. The van der Waals surface area contributed by atoms with Gasteiger partial charge in [0.05, 0.1) is 11.4 Å². The smallest absolute Gasteiger partial charge is 0.321 e. The molecule has 0 aromatic heterocycles. The average molecular weight is 853 g/mol. The van der Waals surface area contributed by atoms with E-state index in [-0.39, 0.29) is 22.9 Å². The first-order chi connectivity index (χ1) is 30.5. The van der Waals surface area contributed by atoms with Crippen LogP contribution in [0.1, 0.15) is 98.6 Å². The van der Waals surface area contributed by atoms with Crippen molar-refractivity contribution < 1.29 is 24.0 Å². The highest BCUT2D eigenvalue weighted by atomic mass is 16.6. The van der Waals surface area contributed by atoms with Gasteiger partial charge in [0.1, 0.15) is 24.7 Å². The number of urea groups is 2. The van der Waals surface area contributed by atoms with Crippen molar-refractivity contribution in [2.45, 2.75) is 102 Å². The van der Waals surface area contributed by atoms with Gasteiger partial charge in [-0.2, -0.15) is 0 Å². The molecular weight excluding hydrogens is 789 g/mol. The van der Waals surface area contributed by atoms with Crippen LogP contribution in [0.25, 0.3) is 0 Å². The van der Waals surface area contributed by atoms with Crippen molar-refractivity contribution in [3.8, 4) is 11.5 Å². The molecule has 2 fully saturated rings. The maximum Gasteiger partial charge on any atom is 0.321 e. The van der Waals surface area contributed by atoms with Crippen LogP contribution in [0.4, 0.5) is 21.0 Å². The van der Waals surface area contributed by atoms with E-state index in [4.69, 9.17) is 14.4 Å². The van der Waals surface area contributed by atoms with Crippen molar-refractivity contribution in [1.29, 1.82) is 0 Å². The summed E-state index contributed by atoms with van der Waals surface area (Å²) in [6.07, 6.45) is 11.4. The van der Waals surface area contributed by atoms with E-state index in [1.165, 1.54) is 33.4 Å². The first-order valence-electron chi connectivity index (χ1n) is 22.9. The Morgan fingerprint density at radius 2 is 1.06 bits per heavy atom. The van der Waals surface area contributed by atoms with Crippen molar-refractivity contribution in [1.82, 2.24) is 9.80 Å². The predicted molar refractivity (Wildman–Crippen MR) is 251 cm³/mol. The fourth-order valence-electron chi connectivity index (χ4n) is 11.1. The summed E-state index contributed by atoms with van der Waals surface area (Å²) in [6.45, 7) is 5.11. The third-order valence-corrected chi connectivity index (χ3v) is 14.1. The van der Waals surface area contributed by atoms with Gasteiger partial charge in [-0.25, -0.2) is 9.59 Å². The summed E-state index contributed by atoms with van der Waals surface area (Å²) in [7, 11) is 7.02. The van der Waals surface area contributed by atoms with Gasteiger partial charge in [0.2, 0.25) is 0 Å². The van der Waals surface area contributed by atoms with E-state index in [1.54, 1.807) is 38.0 Å². The molecule has 2 saturated carbocycles. The van der Waals surface area contributed by atoms with Crippen molar-refractivity contribution in [2.75, 3.05) is 52.0 Å². The van der Waals surface area contributed by atoms with E-state index in [0.29, 0.717) is 25.0 Å². The number of amides is 4. The minimum absolute atomic E-state index is 0.0805. The first-order valence-corrected chi connectivity index (χ1v) is 22.9. The molecule has 0 heterocycles. The van der Waals surface area contributed by atoms with Crippen LogP contribution >= 0.6 is 0 Å². The van der Waals surface area contributed by atoms with Crippen LogP contribution in [-0.4, -0.2) is 74.7 Å². The van der Waals surface area contributed by atoms with E-state index >= 15 is 0 Å². The summed E-state index contributed by atoms with van der Waals surface area (Å²) in [5.74, 6) is 2.56. The molecule has 4 aliphatic rings. The summed E-state index contributed by atoms with van der Waals surface area (Å²) < 4.78 is 6.79. The largest absolute Gasteiger partial charge is 0.457 e. The topological polar surface area (TPSA) is 117 Å². The number of fused-ring (bicyclic) bond motifs is 6. The number of hydrogen-bond acceptors (Lipinski definition) is 7. The molecule has 4 aromatic rings. The highest BCUT2D eigenvalue weighted by Gasteiger charge is 2.48. The number of hydrogen-bond donors (Lipinski definition) is 2. The Balaban J connectivity index is 1.07. The quantitative estimate of drug-likeness (QED) is 0.138. The van der Waals surface area contributed by atoms with Gasteiger partial charge in [0.25, 0.3) is 0 Å². The lowest BCUT2D eigenvalue weighted by atomic mass is 9.55. The van der Waals surface area contributed by atoms with Gasteiger partial charge in [-0.15, -0.1) is 0 Å². The highest BCUT2D eigenvalue weighted by molar-refractivity contribution is 5.90. The molecule has 8 rings (SSSR count). The van der Waals surface area contributed by atoms with E-state index in [2.05, 4.69) is 81.6 Å². The number of oxime groups is 2. The second-order valence-electron chi connectivity index (χ2n) is 18.5. The molecule has 11 heteroatoms. The van der Waals surface area contributed by atoms with Gasteiger partial charge in [-0.1, -0.05) is 46.7 Å². The standard InChI is InChI=1S/C52H64N6O5/c1-7-61-55-43-23-25-51(33-35-11-9-13-41(27-35)53-49(59)57(3)4)39(31-43)17-15-37-29-45(19-21-47(37)51)63-46-20-22-48-38(30-46)16-18-40-32-44(56-62-8-2)24-26-52(40,48)34-36-12-10-14-42(28-36)54-50(60)58(5)6/h9-14,19-22,27-30,39-40H,7-8,15-18,23-26,31-34H2,1-6H3,(H,53,59)(H,54,60). The second kappa shape index (κ2) is 18.9. The molecule has 4 atom stereocenters. The monoisotopic (exact) mass is 852 g/mol. The Kier molecular flexibility index (Phi) is 13.1. The fraction of sp³-hybridized carbons (Fsp3) is 0.462. The maximum absolute atomic E-state index is 12.5. The number of aryl methyl sites for hydroxylation is 2. The Hall–Kier alpha value is -5.84. The molecule has 2 N–H and O–H groups in total. The SMILES string of the molecule is CCON=C1CCC2(Cc3cccc(NC(=O)N(C)C)c3)c3ccc(Oc4ccc5c(c4)CCC4CC(=NOCC)CCC54Cc4cccc(NC(=O)N(C)C)c4)cc3CCC2C1. The lowest BCUT2D eigenvalue weighted by molar-refractivity contribution is 0.149. The molecule has 0 spiro atoms. The second-order valence-corrected chi connectivity index (χ2v) is 18.5. The van der Waals surface area contributed by atoms with E-state index in [1.807, 2.05) is 38.1 Å². The average Bonchev–Trinajstić information content (AvgIpc) is 3.27. The maximum atomic E-state index is 12.5. The molecule has 0 bridgehead atoms. The number of carbonyl (C=O) groups is 2. The Labute approximate surface area is 373 Å². The number of nitrogens with zero attached hydrogens (tertiary/aromatic N) is 4. The third kappa shape index (κ3) is 9.43. The van der Waals surface area contributed by atoms with Crippen LogP contribution in [0, 0.1) is 11.8 Å². The first kappa shape index (κ1) is 43.8. The molecule has 4 amide bonds. The zero-order valence-corrected chi connectivity index (χ0v) is 38.0. The molecule has 332 valence electrons. The van der Waals surface area contributed by atoms with Crippen molar-refractivity contribution in [3.05, 3.63) is 118 Å². The molecule has 11 nitrogen and oxygen atoms in total. The minimum Gasteiger partial charge on any atom is -0.457 e. The number of benzene rings is 4. The predicted octanol–water partition coefficient (Wildman–Crippen LogP) is 10.9. The van der Waals surface area contributed by atoms with Crippen molar-refractivity contribution in [2.24, 2.45) is 22.1 Å². The summed E-state index contributed by atoms with van der Waals surface area (Å²) in [6, 6.07) is 30.0. The summed E-state index contributed by atoms with van der Waals surface area (Å²) in [4.78, 5) is 39.3. The molecule has 0 aliphatic heterocycles. The van der Waals surface area contributed by atoms with Crippen molar-refractivity contribution in [3.63, 3.8) is 0 Å². The lowest BCUT2D eigenvalue weighted by Gasteiger charge is -2.49. The normalized spacial score (nSPS) is 23.7. The van der Waals surface area contributed by atoms with E-state index in [0.717, 1.165) is 111 Å². The molecule has 4 aromatic carbocycles. The van der Waals surface area contributed by atoms with Gasteiger partial charge in [0, 0.05) is 50.4 Å². The molecule has 4 unspecified atom stereocenters. The van der Waals surface area contributed by atoms with Gasteiger partial charge < -0.3 is 34.8 Å². The van der Waals surface area contributed by atoms with Gasteiger partial charge in [-0.05, 0) is 185 Å². The van der Waals surface area contributed by atoms with Crippen LogP contribution in [0.2, 0.25) is 0 Å². The molecule has 0 radical (unpaired) electrons. The van der Waals surface area contributed by atoms with Gasteiger partial charge in [0.15, 0.2) is 0 Å².